The van der Waals surface area contributed by atoms with Crippen molar-refractivity contribution in [1.29, 1.82) is 0 Å². The van der Waals surface area contributed by atoms with E-state index in [4.69, 9.17) is 13.3 Å². The molecule has 0 amide bonds. The Morgan fingerprint density at radius 1 is 0.308 bits per heavy atom. The second kappa shape index (κ2) is 11.2. The molecule has 0 saturated heterocycles. The number of furan rings is 3. The van der Waals surface area contributed by atoms with Crippen molar-refractivity contribution in [2.24, 2.45) is 0 Å². The van der Waals surface area contributed by atoms with Gasteiger partial charge in [0.05, 0.1) is 16.8 Å². The third-order valence-electron chi connectivity index (χ3n) is 10.3. The number of anilines is 3. The van der Waals surface area contributed by atoms with E-state index in [-0.39, 0.29) is 0 Å². The number of fused-ring (bicyclic) bond motifs is 9. The molecule has 0 atom stereocenters. The number of nitrogens with zero attached hydrogens (tertiary/aromatic N) is 1. The molecule has 3 heterocycles. The summed E-state index contributed by atoms with van der Waals surface area (Å²) in [5.41, 5.74) is 12.6. The SMILES string of the molecule is c1ccc(-c2cccc3c2oc2c(N(c4ccc(-c5cccc6oc7ccccc7c56)cc4)c4cccc5oc6ccccc6c45)cccc23)cc1. The van der Waals surface area contributed by atoms with Crippen molar-refractivity contribution in [2.75, 3.05) is 4.90 Å². The minimum atomic E-state index is 0.824. The Morgan fingerprint density at radius 2 is 0.827 bits per heavy atom. The van der Waals surface area contributed by atoms with Crippen LogP contribution in [0.4, 0.5) is 17.1 Å². The number of hydrogen-bond donors (Lipinski definition) is 0. The van der Waals surface area contributed by atoms with Crippen LogP contribution in [0.2, 0.25) is 0 Å². The van der Waals surface area contributed by atoms with Gasteiger partial charge in [0.15, 0.2) is 5.58 Å². The lowest BCUT2D eigenvalue weighted by atomic mass is 9.99. The molecule has 0 spiro atoms. The average Bonchev–Trinajstić information content (AvgIpc) is 3.91. The Kier molecular flexibility index (Phi) is 6.22. The van der Waals surface area contributed by atoms with E-state index >= 15 is 0 Å². The van der Waals surface area contributed by atoms with Crippen molar-refractivity contribution in [3.63, 3.8) is 0 Å². The lowest BCUT2D eigenvalue weighted by Crippen LogP contribution is -2.10. The van der Waals surface area contributed by atoms with Crippen LogP contribution in [0.25, 0.3) is 88.1 Å². The molecule has 52 heavy (non-hydrogen) atoms. The number of benzene rings is 8. The zero-order valence-electron chi connectivity index (χ0n) is 27.9. The maximum absolute atomic E-state index is 6.97. The zero-order chi connectivity index (χ0) is 34.2. The fourth-order valence-corrected chi connectivity index (χ4v) is 7.98. The Bertz CT molecular complexity index is 3130. The van der Waals surface area contributed by atoms with Crippen LogP contribution in [0.5, 0.6) is 0 Å². The Balaban J connectivity index is 1.16. The van der Waals surface area contributed by atoms with E-state index in [1.54, 1.807) is 0 Å². The van der Waals surface area contributed by atoms with Gasteiger partial charge < -0.3 is 18.2 Å². The molecular formula is C48H29NO3. The molecule has 8 aromatic carbocycles. The van der Waals surface area contributed by atoms with E-state index in [0.717, 1.165) is 105 Å². The molecule has 3 aromatic heterocycles. The molecule has 4 heteroatoms. The third-order valence-corrected chi connectivity index (χ3v) is 10.3. The van der Waals surface area contributed by atoms with Gasteiger partial charge in [-0.15, -0.1) is 0 Å². The highest BCUT2D eigenvalue weighted by molar-refractivity contribution is 6.17. The molecule has 0 aliphatic carbocycles. The quantitative estimate of drug-likeness (QED) is 0.183. The van der Waals surface area contributed by atoms with Crippen LogP contribution in [-0.4, -0.2) is 0 Å². The molecule has 0 saturated carbocycles. The monoisotopic (exact) mass is 667 g/mol. The number of hydrogen-bond acceptors (Lipinski definition) is 4. The minimum Gasteiger partial charge on any atom is -0.456 e. The summed E-state index contributed by atoms with van der Waals surface area (Å²) in [5.74, 6) is 0. The topological polar surface area (TPSA) is 42.7 Å². The Morgan fingerprint density at radius 3 is 1.60 bits per heavy atom. The Hall–Kier alpha value is -7.04. The summed E-state index contributed by atoms with van der Waals surface area (Å²) in [4.78, 5) is 2.31. The molecule has 244 valence electrons. The maximum Gasteiger partial charge on any atom is 0.159 e. The highest BCUT2D eigenvalue weighted by atomic mass is 16.3. The number of rotatable bonds is 5. The van der Waals surface area contributed by atoms with E-state index in [2.05, 4.69) is 138 Å². The molecule has 11 rings (SSSR count). The molecule has 0 unspecified atom stereocenters. The second-order valence-electron chi connectivity index (χ2n) is 13.2. The summed E-state index contributed by atoms with van der Waals surface area (Å²) in [6, 6.07) is 61.2. The minimum absolute atomic E-state index is 0.824. The predicted octanol–water partition coefficient (Wildman–Crippen LogP) is 14.2. The van der Waals surface area contributed by atoms with Crippen LogP contribution in [0.3, 0.4) is 0 Å². The smallest absolute Gasteiger partial charge is 0.159 e. The molecule has 0 radical (unpaired) electrons. The van der Waals surface area contributed by atoms with Gasteiger partial charge in [-0.1, -0.05) is 127 Å². The van der Waals surface area contributed by atoms with Crippen LogP contribution < -0.4 is 4.90 Å². The van der Waals surface area contributed by atoms with E-state index in [1.165, 1.54) is 0 Å². The summed E-state index contributed by atoms with van der Waals surface area (Å²) in [5, 5.41) is 6.50. The van der Waals surface area contributed by atoms with Crippen LogP contribution in [-0.2, 0) is 0 Å². The summed E-state index contributed by atoms with van der Waals surface area (Å²) >= 11 is 0. The maximum atomic E-state index is 6.97. The van der Waals surface area contributed by atoms with Gasteiger partial charge in [0, 0.05) is 38.2 Å². The molecule has 4 nitrogen and oxygen atoms in total. The van der Waals surface area contributed by atoms with Gasteiger partial charge in [0.25, 0.3) is 0 Å². The van der Waals surface area contributed by atoms with Crippen LogP contribution in [0.15, 0.2) is 189 Å². The lowest BCUT2D eigenvalue weighted by molar-refractivity contribution is 0.668. The van der Waals surface area contributed by atoms with Crippen molar-refractivity contribution >= 4 is 82.9 Å². The standard InChI is InChI=1S/C48H29NO3/c1-2-12-30(13-3-1)34-17-8-18-35-36-19-9-21-40(48(36)52-47(34)35)49(39-20-11-25-44-46(39)38-15-5-7-23-42(38)51-44)32-28-26-31(27-29-32)33-16-10-24-43-45(33)37-14-4-6-22-41(37)50-43/h1-29H. The summed E-state index contributed by atoms with van der Waals surface area (Å²) in [6.45, 7) is 0. The van der Waals surface area contributed by atoms with E-state index < -0.39 is 0 Å². The molecule has 0 aliphatic rings. The van der Waals surface area contributed by atoms with Gasteiger partial charge in [0.1, 0.15) is 27.9 Å². The van der Waals surface area contributed by atoms with Gasteiger partial charge in [-0.2, -0.15) is 0 Å². The van der Waals surface area contributed by atoms with Crippen molar-refractivity contribution in [3.05, 3.63) is 176 Å². The molecule has 0 N–H and O–H groups in total. The van der Waals surface area contributed by atoms with Crippen LogP contribution in [0.1, 0.15) is 0 Å². The van der Waals surface area contributed by atoms with Crippen molar-refractivity contribution in [1.82, 2.24) is 0 Å². The zero-order valence-corrected chi connectivity index (χ0v) is 27.9. The van der Waals surface area contributed by atoms with Crippen molar-refractivity contribution in [2.45, 2.75) is 0 Å². The fourth-order valence-electron chi connectivity index (χ4n) is 7.98. The van der Waals surface area contributed by atoms with Gasteiger partial charge in [0.2, 0.25) is 0 Å². The third kappa shape index (κ3) is 4.28. The van der Waals surface area contributed by atoms with Gasteiger partial charge in [-0.3, -0.25) is 0 Å². The highest BCUT2D eigenvalue weighted by Gasteiger charge is 2.24. The normalized spacial score (nSPS) is 11.8. The van der Waals surface area contributed by atoms with Gasteiger partial charge in [-0.25, -0.2) is 0 Å². The Labute approximate surface area is 298 Å². The predicted molar refractivity (Wildman–Crippen MR) is 214 cm³/mol. The summed E-state index contributed by atoms with van der Waals surface area (Å²) < 4.78 is 19.6. The summed E-state index contributed by atoms with van der Waals surface area (Å²) in [6.07, 6.45) is 0. The molecular weight excluding hydrogens is 639 g/mol. The average molecular weight is 668 g/mol. The van der Waals surface area contributed by atoms with Crippen LogP contribution >= 0.6 is 0 Å². The molecule has 0 aliphatic heterocycles. The fraction of sp³-hybridized carbons (Fsp3) is 0. The lowest BCUT2D eigenvalue weighted by Gasteiger charge is -2.26. The first kappa shape index (κ1) is 28.8. The van der Waals surface area contributed by atoms with Crippen LogP contribution in [0, 0.1) is 0 Å². The first-order valence-electron chi connectivity index (χ1n) is 17.5. The highest BCUT2D eigenvalue weighted by Crippen LogP contribution is 2.48. The second-order valence-corrected chi connectivity index (χ2v) is 13.2. The molecule has 0 bridgehead atoms. The molecule has 11 aromatic rings. The van der Waals surface area contributed by atoms with Gasteiger partial charge in [-0.05, 0) is 65.2 Å². The first-order valence-corrected chi connectivity index (χ1v) is 17.5. The molecule has 0 fully saturated rings. The van der Waals surface area contributed by atoms with E-state index in [9.17, 15) is 0 Å². The van der Waals surface area contributed by atoms with Gasteiger partial charge >= 0.3 is 0 Å². The largest absolute Gasteiger partial charge is 0.456 e. The first-order chi connectivity index (χ1) is 25.8. The van der Waals surface area contributed by atoms with Crippen molar-refractivity contribution in [3.8, 4) is 22.3 Å². The number of para-hydroxylation sites is 4. The van der Waals surface area contributed by atoms with Crippen molar-refractivity contribution < 1.29 is 13.3 Å². The summed E-state index contributed by atoms with van der Waals surface area (Å²) in [7, 11) is 0. The van der Waals surface area contributed by atoms with E-state index in [0.29, 0.717) is 0 Å². The van der Waals surface area contributed by atoms with E-state index in [1.807, 2.05) is 42.5 Å².